The average molecular weight is 278 g/mol. The van der Waals surface area contributed by atoms with Gasteiger partial charge in [-0.05, 0) is 12.1 Å². The summed E-state index contributed by atoms with van der Waals surface area (Å²) in [7, 11) is 1.51. The van der Waals surface area contributed by atoms with E-state index in [0.717, 1.165) is 5.56 Å². The summed E-state index contributed by atoms with van der Waals surface area (Å²) in [6, 6.07) is 3.43. The summed E-state index contributed by atoms with van der Waals surface area (Å²) in [4.78, 5) is 0. The Kier molecular flexibility index (Phi) is 3.28. The van der Waals surface area contributed by atoms with Crippen LogP contribution in [0.25, 0.3) is 11.3 Å². The van der Waals surface area contributed by atoms with E-state index in [2.05, 4.69) is 10.2 Å². The number of halogens is 3. The zero-order valence-electron chi connectivity index (χ0n) is 8.22. The first-order valence-corrected chi connectivity index (χ1v) is 5.49. The number of H-pyrrole nitrogens is 1. The highest BCUT2D eigenvalue weighted by atomic mass is 35.5. The van der Waals surface area contributed by atoms with Crippen molar-refractivity contribution in [3.63, 3.8) is 0 Å². The second-order valence-corrected chi connectivity index (χ2v) is 4.29. The molecule has 1 aromatic carbocycles. The number of ether oxygens (including phenoxy) is 1. The van der Waals surface area contributed by atoms with Crippen LogP contribution in [0.15, 0.2) is 18.3 Å². The van der Waals surface area contributed by atoms with E-state index in [1.54, 1.807) is 12.1 Å². The highest BCUT2D eigenvalue weighted by molar-refractivity contribution is 6.38. The van der Waals surface area contributed by atoms with Crippen LogP contribution < -0.4 is 4.74 Å². The number of aromatic amines is 1. The topological polar surface area (TPSA) is 37.9 Å². The maximum Gasteiger partial charge on any atom is 0.156 e. The van der Waals surface area contributed by atoms with Crippen LogP contribution in [0.3, 0.4) is 0 Å². The van der Waals surface area contributed by atoms with Crippen molar-refractivity contribution < 1.29 is 4.74 Å². The molecule has 2 aromatic rings. The molecule has 0 aliphatic carbocycles. The van der Waals surface area contributed by atoms with Gasteiger partial charge in [-0.25, -0.2) is 0 Å². The van der Waals surface area contributed by atoms with Gasteiger partial charge in [0.1, 0.15) is 0 Å². The van der Waals surface area contributed by atoms with Crippen molar-refractivity contribution in [2.24, 2.45) is 0 Å². The van der Waals surface area contributed by atoms with Gasteiger partial charge in [0.15, 0.2) is 5.75 Å². The van der Waals surface area contributed by atoms with E-state index in [1.165, 1.54) is 13.3 Å². The second kappa shape index (κ2) is 4.53. The average Bonchev–Trinajstić information content (AvgIpc) is 2.64. The Bertz CT molecular complexity index is 502. The number of hydrogen-bond acceptors (Lipinski definition) is 2. The van der Waals surface area contributed by atoms with Gasteiger partial charge < -0.3 is 4.74 Å². The highest BCUT2D eigenvalue weighted by Crippen LogP contribution is 2.38. The fourth-order valence-electron chi connectivity index (χ4n) is 1.37. The van der Waals surface area contributed by atoms with Gasteiger partial charge in [0, 0.05) is 5.56 Å². The summed E-state index contributed by atoms with van der Waals surface area (Å²) in [5.41, 5.74) is 1.44. The molecular weight excluding hydrogens is 270 g/mol. The third kappa shape index (κ3) is 1.98. The minimum absolute atomic E-state index is 0.427. The van der Waals surface area contributed by atoms with Gasteiger partial charge in [-0.3, -0.25) is 5.10 Å². The molecule has 0 atom stereocenters. The van der Waals surface area contributed by atoms with E-state index in [4.69, 9.17) is 39.5 Å². The van der Waals surface area contributed by atoms with Gasteiger partial charge >= 0.3 is 0 Å². The van der Waals surface area contributed by atoms with Crippen molar-refractivity contribution in [2.75, 3.05) is 7.11 Å². The largest absolute Gasteiger partial charge is 0.494 e. The molecule has 1 N–H and O–H groups in total. The van der Waals surface area contributed by atoms with Crippen molar-refractivity contribution in [3.05, 3.63) is 33.4 Å². The fraction of sp³-hybridized carbons (Fsp3) is 0.100. The lowest BCUT2D eigenvalue weighted by Crippen LogP contribution is -1.87. The lowest BCUT2D eigenvalue weighted by Gasteiger charge is -2.07. The zero-order chi connectivity index (χ0) is 11.7. The van der Waals surface area contributed by atoms with Gasteiger partial charge in [0.2, 0.25) is 0 Å². The molecular formula is C10H7Cl3N2O. The van der Waals surface area contributed by atoms with Crippen LogP contribution >= 0.6 is 34.8 Å². The molecule has 6 heteroatoms. The first kappa shape index (κ1) is 11.6. The maximum atomic E-state index is 6.02. The van der Waals surface area contributed by atoms with E-state index in [9.17, 15) is 0 Å². The lowest BCUT2D eigenvalue weighted by molar-refractivity contribution is 0.415. The van der Waals surface area contributed by atoms with Crippen LogP contribution in [-0.2, 0) is 0 Å². The number of rotatable bonds is 2. The van der Waals surface area contributed by atoms with Crippen molar-refractivity contribution >= 4 is 34.8 Å². The Morgan fingerprint density at radius 1 is 1.12 bits per heavy atom. The number of hydrogen-bond donors (Lipinski definition) is 1. The molecule has 0 fully saturated rings. The first-order chi connectivity index (χ1) is 7.63. The number of benzene rings is 1. The summed E-state index contributed by atoms with van der Waals surface area (Å²) < 4.78 is 5.06. The summed E-state index contributed by atoms with van der Waals surface area (Å²) in [5, 5.41) is 7.96. The van der Waals surface area contributed by atoms with Crippen molar-refractivity contribution in [3.8, 4) is 17.0 Å². The minimum atomic E-state index is 0.427. The Hall–Kier alpha value is -0.900. The molecule has 16 heavy (non-hydrogen) atoms. The normalized spacial score (nSPS) is 10.5. The third-order valence-corrected chi connectivity index (χ3v) is 2.93. The smallest absolute Gasteiger partial charge is 0.156 e. The van der Waals surface area contributed by atoms with Crippen LogP contribution in [0.4, 0.5) is 0 Å². The van der Waals surface area contributed by atoms with Crippen molar-refractivity contribution in [1.82, 2.24) is 10.2 Å². The first-order valence-electron chi connectivity index (χ1n) is 4.35. The van der Waals surface area contributed by atoms with Gasteiger partial charge in [-0.15, -0.1) is 0 Å². The van der Waals surface area contributed by atoms with Gasteiger partial charge in [-0.2, -0.15) is 5.10 Å². The summed E-state index contributed by atoms with van der Waals surface area (Å²) in [6.45, 7) is 0. The standard InChI is InChI=1S/C10H7Cl3N2O/c1-16-10-6(11)2-5(3-7(10)12)9-8(13)4-14-15-9/h2-4H,1H3,(H,14,15). The SMILES string of the molecule is COc1c(Cl)cc(-c2[nH]ncc2Cl)cc1Cl. The Labute approximate surface area is 107 Å². The Morgan fingerprint density at radius 3 is 2.19 bits per heavy atom. The summed E-state index contributed by atoms with van der Waals surface area (Å²) in [6.07, 6.45) is 1.52. The molecule has 2 rings (SSSR count). The minimum Gasteiger partial charge on any atom is -0.494 e. The van der Waals surface area contributed by atoms with Gasteiger partial charge in [0.05, 0.1) is 34.1 Å². The number of methoxy groups -OCH3 is 1. The molecule has 0 aliphatic heterocycles. The number of aromatic nitrogens is 2. The van der Waals surface area contributed by atoms with Crippen molar-refractivity contribution in [1.29, 1.82) is 0 Å². The highest BCUT2D eigenvalue weighted by Gasteiger charge is 2.12. The van der Waals surface area contributed by atoms with E-state index < -0.39 is 0 Å². The van der Waals surface area contributed by atoms with Crippen LogP contribution in [0.1, 0.15) is 0 Å². The second-order valence-electron chi connectivity index (χ2n) is 3.07. The molecule has 1 heterocycles. The zero-order valence-corrected chi connectivity index (χ0v) is 10.5. The Morgan fingerprint density at radius 2 is 1.75 bits per heavy atom. The summed E-state index contributed by atoms with van der Waals surface area (Å²) >= 11 is 18.0. The maximum absolute atomic E-state index is 6.02. The molecule has 1 aromatic heterocycles. The molecule has 3 nitrogen and oxygen atoms in total. The summed E-state index contributed by atoms with van der Waals surface area (Å²) in [5.74, 6) is 0.447. The van der Waals surface area contributed by atoms with E-state index in [0.29, 0.717) is 26.5 Å². The molecule has 0 aliphatic rings. The number of nitrogens with one attached hydrogen (secondary N) is 1. The third-order valence-electron chi connectivity index (χ3n) is 2.08. The van der Waals surface area contributed by atoms with Crippen LogP contribution in [0, 0.1) is 0 Å². The lowest BCUT2D eigenvalue weighted by atomic mass is 10.1. The molecule has 0 amide bonds. The van der Waals surface area contributed by atoms with Gasteiger partial charge in [-0.1, -0.05) is 34.8 Å². The number of nitrogens with zero attached hydrogens (tertiary/aromatic N) is 1. The van der Waals surface area contributed by atoms with E-state index in [1.807, 2.05) is 0 Å². The van der Waals surface area contributed by atoms with E-state index in [-0.39, 0.29) is 0 Å². The van der Waals surface area contributed by atoms with E-state index >= 15 is 0 Å². The van der Waals surface area contributed by atoms with Crippen LogP contribution in [0.5, 0.6) is 5.75 Å². The molecule has 0 saturated carbocycles. The monoisotopic (exact) mass is 276 g/mol. The Balaban J connectivity index is 2.57. The molecule has 0 unspecified atom stereocenters. The van der Waals surface area contributed by atoms with Crippen LogP contribution in [-0.4, -0.2) is 17.3 Å². The van der Waals surface area contributed by atoms with Crippen molar-refractivity contribution in [2.45, 2.75) is 0 Å². The molecule has 0 radical (unpaired) electrons. The molecule has 0 saturated heterocycles. The molecule has 0 bridgehead atoms. The molecule has 0 spiro atoms. The predicted molar refractivity (Wildman–Crippen MR) is 65.6 cm³/mol. The molecule has 84 valence electrons. The van der Waals surface area contributed by atoms with Gasteiger partial charge in [0.25, 0.3) is 0 Å². The van der Waals surface area contributed by atoms with Crippen LogP contribution in [0.2, 0.25) is 15.1 Å². The fourth-order valence-corrected chi connectivity index (χ4v) is 2.21. The quantitative estimate of drug-likeness (QED) is 0.899. The predicted octanol–water partition coefficient (Wildman–Crippen LogP) is 4.05.